The van der Waals surface area contributed by atoms with Crippen molar-refractivity contribution in [1.29, 1.82) is 0 Å². The molecule has 214 valence electrons. The molecule has 1 aromatic heterocycles. The maximum Gasteiger partial charge on any atom is 0.414 e. The van der Waals surface area contributed by atoms with E-state index in [0.29, 0.717) is 11.4 Å². The number of carboxylic acid groups (broad SMARTS) is 1. The molecule has 10 heteroatoms. The number of aromatic nitrogens is 2. The van der Waals surface area contributed by atoms with Gasteiger partial charge in [-0.3, -0.25) is 9.69 Å². The fraction of sp³-hybridized carbons (Fsp3) is 0.500. The topological polar surface area (TPSA) is 103 Å². The highest BCUT2D eigenvalue weighted by atomic mass is 19.1. The first-order chi connectivity index (χ1) is 19.3. The van der Waals surface area contributed by atoms with Gasteiger partial charge in [0.15, 0.2) is 11.6 Å². The smallest absolute Gasteiger partial charge is 0.414 e. The lowest BCUT2D eigenvalue weighted by Crippen LogP contribution is -2.42. The van der Waals surface area contributed by atoms with Crippen LogP contribution in [0, 0.1) is 5.82 Å². The van der Waals surface area contributed by atoms with E-state index >= 15 is 0 Å². The Morgan fingerprint density at radius 1 is 1.10 bits per heavy atom. The number of fused-ring (bicyclic) bond motifs is 3. The molecule has 5 rings (SSSR count). The molecule has 0 saturated heterocycles. The first-order valence-electron chi connectivity index (χ1n) is 13.8. The van der Waals surface area contributed by atoms with Gasteiger partial charge in [0.05, 0.1) is 43.0 Å². The highest BCUT2D eigenvalue weighted by molar-refractivity contribution is 5.95. The number of carbonyl (C=O) groups is 2. The lowest BCUT2D eigenvalue weighted by molar-refractivity contribution is -0.138. The number of anilines is 1. The van der Waals surface area contributed by atoms with Gasteiger partial charge in [-0.15, -0.1) is 0 Å². The van der Waals surface area contributed by atoms with E-state index in [1.54, 1.807) is 18.1 Å². The zero-order chi connectivity index (χ0) is 28.6. The Labute approximate surface area is 232 Å². The molecule has 2 atom stereocenters. The number of carboxylic acids is 1. The molecular weight excluding hydrogens is 517 g/mol. The van der Waals surface area contributed by atoms with Crippen molar-refractivity contribution < 1.29 is 33.3 Å². The zero-order valence-corrected chi connectivity index (χ0v) is 23.4. The van der Waals surface area contributed by atoms with Crippen LogP contribution in [0.4, 0.5) is 14.9 Å². The Bertz CT molecular complexity index is 1410. The van der Waals surface area contributed by atoms with Gasteiger partial charge in [0.2, 0.25) is 0 Å². The lowest BCUT2D eigenvalue weighted by Gasteiger charge is -2.34. The Kier molecular flexibility index (Phi) is 7.98. The summed E-state index contributed by atoms with van der Waals surface area (Å²) >= 11 is 0. The molecule has 1 fully saturated rings. The summed E-state index contributed by atoms with van der Waals surface area (Å²) in [5, 5.41) is 10.2. The van der Waals surface area contributed by atoms with Gasteiger partial charge in [0.1, 0.15) is 5.82 Å². The van der Waals surface area contributed by atoms with Crippen LogP contribution in [-0.2, 0) is 27.1 Å². The van der Waals surface area contributed by atoms with Gasteiger partial charge in [-0.1, -0.05) is 6.07 Å². The first-order valence-corrected chi connectivity index (χ1v) is 13.8. The molecule has 2 heterocycles. The minimum atomic E-state index is -1.06. The number of benzene rings is 2. The van der Waals surface area contributed by atoms with Crippen LogP contribution in [0.2, 0.25) is 0 Å². The van der Waals surface area contributed by atoms with Gasteiger partial charge in [0, 0.05) is 31.2 Å². The van der Waals surface area contributed by atoms with Crippen molar-refractivity contribution in [3.8, 4) is 5.75 Å². The minimum Gasteiger partial charge on any atom is -0.494 e. The Morgan fingerprint density at radius 3 is 2.48 bits per heavy atom. The number of aryl methyl sites for hydroxylation is 1. The van der Waals surface area contributed by atoms with Crippen LogP contribution in [-0.4, -0.2) is 60.2 Å². The predicted molar refractivity (Wildman–Crippen MR) is 148 cm³/mol. The van der Waals surface area contributed by atoms with E-state index in [1.165, 1.54) is 26.4 Å². The van der Waals surface area contributed by atoms with Crippen molar-refractivity contribution in [2.75, 3.05) is 26.2 Å². The molecule has 0 spiro atoms. The summed E-state index contributed by atoms with van der Waals surface area (Å²) in [4.78, 5) is 31.9. The first kappa shape index (κ1) is 27.9. The third kappa shape index (κ3) is 5.00. The fourth-order valence-corrected chi connectivity index (χ4v) is 6.34. The summed E-state index contributed by atoms with van der Waals surface area (Å²) in [6, 6.07) is 8.29. The molecule has 1 aliphatic heterocycles. The van der Waals surface area contributed by atoms with Crippen molar-refractivity contribution in [2.24, 2.45) is 0 Å². The van der Waals surface area contributed by atoms with Crippen molar-refractivity contribution in [1.82, 2.24) is 9.55 Å². The van der Waals surface area contributed by atoms with Crippen molar-refractivity contribution in [3.63, 3.8) is 0 Å². The average Bonchev–Trinajstić information content (AvgIpc) is 3.33. The highest BCUT2D eigenvalue weighted by Crippen LogP contribution is 2.40. The molecule has 2 unspecified atom stereocenters. The molecule has 40 heavy (non-hydrogen) atoms. The maximum atomic E-state index is 14.6. The summed E-state index contributed by atoms with van der Waals surface area (Å²) in [6.07, 6.45) is 4.89. The van der Waals surface area contributed by atoms with E-state index in [0.717, 1.165) is 60.8 Å². The molecule has 9 nitrogen and oxygen atoms in total. The standard InChI is InChI=1S/C30H36FN3O6/c1-17-5-11-21-24(33(17)30(37)40-4)12-13-25-28(21)32-27(34(25)19-7-9-20(38-2)10-8-19)16-22(29(35)36)18-6-14-26(39-3)23(31)15-18/h6,12-15,17,19-20,22H,5,7-11,16H2,1-4H3,(H,35,36). The van der Waals surface area contributed by atoms with Gasteiger partial charge >= 0.3 is 12.1 Å². The number of hydrogen-bond acceptors (Lipinski definition) is 6. The SMILES string of the molecule is COC(=O)N1c2ccc3c(nc(CC(C(=O)O)c4ccc(OC)c(F)c4)n3C3CCC(OC)CC3)c2CCC1C. The van der Waals surface area contributed by atoms with Gasteiger partial charge in [-0.2, -0.15) is 0 Å². The van der Waals surface area contributed by atoms with Crippen LogP contribution >= 0.6 is 0 Å². The maximum absolute atomic E-state index is 14.6. The van der Waals surface area contributed by atoms with Crippen LogP contribution in [0.15, 0.2) is 30.3 Å². The number of aliphatic carboxylic acids is 1. The Morgan fingerprint density at radius 2 is 1.85 bits per heavy atom. The second-order valence-electron chi connectivity index (χ2n) is 10.7. The number of imidazole rings is 1. The summed E-state index contributed by atoms with van der Waals surface area (Å²) in [5.41, 5.74) is 3.75. The number of carbonyl (C=O) groups excluding carboxylic acids is 1. The van der Waals surface area contributed by atoms with Gasteiger partial charge in [-0.05, 0) is 75.3 Å². The molecule has 1 amide bonds. The number of amides is 1. The zero-order valence-electron chi connectivity index (χ0n) is 23.4. The third-order valence-electron chi connectivity index (χ3n) is 8.50. The van der Waals surface area contributed by atoms with Crippen LogP contribution in [0.1, 0.15) is 67.9 Å². The van der Waals surface area contributed by atoms with Crippen LogP contribution in [0.5, 0.6) is 5.75 Å². The molecule has 1 saturated carbocycles. The van der Waals surface area contributed by atoms with Crippen molar-refractivity contribution in [3.05, 3.63) is 53.1 Å². The number of halogens is 1. The van der Waals surface area contributed by atoms with Crippen LogP contribution in [0.25, 0.3) is 11.0 Å². The van der Waals surface area contributed by atoms with Crippen molar-refractivity contribution in [2.45, 2.75) is 76.0 Å². The van der Waals surface area contributed by atoms with Crippen molar-refractivity contribution >= 4 is 28.8 Å². The van der Waals surface area contributed by atoms with E-state index in [-0.39, 0.29) is 30.4 Å². The molecule has 2 aliphatic rings. The van der Waals surface area contributed by atoms with E-state index in [1.807, 2.05) is 19.1 Å². The lowest BCUT2D eigenvalue weighted by atomic mass is 9.91. The highest BCUT2D eigenvalue weighted by Gasteiger charge is 2.34. The van der Waals surface area contributed by atoms with Crippen LogP contribution in [0.3, 0.4) is 0 Å². The van der Waals surface area contributed by atoms with Crippen LogP contribution < -0.4 is 9.64 Å². The summed E-state index contributed by atoms with van der Waals surface area (Å²) < 4.78 is 32.4. The largest absolute Gasteiger partial charge is 0.494 e. The number of nitrogens with zero attached hydrogens (tertiary/aromatic N) is 3. The monoisotopic (exact) mass is 553 g/mol. The van der Waals surface area contributed by atoms with E-state index < -0.39 is 23.8 Å². The molecule has 1 N–H and O–H groups in total. The third-order valence-corrected chi connectivity index (χ3v) is 8.50. The summed E-state index contributed by atoms with van der Waals surface area (Å²) in [5.74, 6) is -1.97. The normalized spacial score (nSPS) is 21.6. The Hall–Kier alpha value is -3.66. The minimum absolute atomic E-state index is 0.0235. The fourth-order valence-electron chi connectivity index (χ4n) is 6.34. The van der Waals surface area contributed by atoms with Gasteiger partial charge < -0.3 is 23.9 Å². The second kappa shape index (κ2) is 11.4. The summed E-state index contributed by atoms with van der Waals surface area (Å²) in [7, 11) is 4.48. The molecule has 0 bridgehead atoms. The second-order valence-corrected chi connectivity index (χ2v) is 10.7. The molecule has 0 radical (unpaired) electrons. The average molecular weight is 554 g/mol. The number of rotatable bonds is 7. The molecule has 1 aliphatic carbocycles. The van der Waals surface area contributed by atoms with E-state index in [9.17, 15) is 19.1 Å². The summed E-state index contributed by atoms with van der Waals surface area (Å²) in [6.45, 7) is 1.99. The quantitative estimate of drug-likeness (QED) is 0.404. The molecule has 3 aromatic rings. The van der Waals surface area contributed by atoms with Gasteiger partial charge in [-0.25, -0.2) is 14.2 Å². The number of ether oxygens (including phenoxy) is 3. The Balaban J connectivity index is 1.63. The van der Waals surface area contributed by atoms with Gasteiger partial charge in [0.25, 0.3) is 0 Å². The van der Waals surface area contributed by atoms with E-state index in [4.69, 9.17) is 19.2 Å². The number of methoxy groups -OCH3 is 3. The molecular formula is C30H36FN3O6. The molecule has 2 aromatic carbocycles. The number of hydrogen-bond donors (Lipinski definition) is 1. The predicted octanol–water partition coefficient (Wildman–Crippen LogP) is 5.63. The van der Waals surface area contributed by atoms with E-state index in [2.05, 4.69) is 4.57 Å².